The first-order chi connectivity index (χ1) is 8.12. The highest BCUT2D eigenvalue weighted by molar-refractivity contribution is 6.06. The number of rotatable bonds is 0. The van der Waals surface area contributed by atoms with Crippen molar-refractivity contribution >= 4 is 17.4 Å². The number of nitrogens with zero attached hydrogens (tertiary/aromatic N) is 1. The van der Waals surface area contributed by atoms with Gasteiger partial charge in [0.1, 0.15) is 5.78 Å². The molecule has 1 aromatic heterocycles. The third-order valence-electron chi connectivity index (χ3n) is 3.83. The van der Waals surface area contributed by atoms with E-state index in [1.165, 1.54) is 0 Å². The summed E-state index contributed by atoms with van der Waals surface area (Å²) in [6, 6.07) is 3.80. The smallest absolute Gasteiger partial charge is 0.236 e. The van der Waals surface area contributed by atoms with Gasteiger partial charge in [-0.25, -0.2) is 0 Å². The Morgan fingerprint density at radius 3 is 2.65 bits per heavy atom. The van der Waals surface area contributed by atoms with Gasteiger partial charge in [-0.2, -0.15) is 0 Å². The summed E-state index contributed by atoms with van der Waals surface area (Å²) >= 11 is 0. The fourth-order valence-electron chi connectivity index (χ4n) is 2.79. The third-order valence-corrected chi connectivity index (χ3v) is 3.83. The molecule has 1 N–H and O–H groups in total. The van der Waals surface area contributed by atoms with E-state index >= 15 is 0 Å². The summed E-state index contributed by atoms with van der Waals surface area (Å²) in [4.78, 5) is 28.0. The lowest BCUT2D eigenvalue weighted by Crippen LogP contribution is -2.39. The van der Waals surface area contributed by atoms with Gasteiger partial charge in [0.25, 0.3) is 0 Å². The van der Waals surface area contributed by atoms with E-state index in [0.29, 0.717) is 25.7 Å². The number of hydrogen-bond donors (Lipinski definition) is 1. The van der Waals surface area contributed by atoms with Crippen molar-refractivity contribution in [2.24, 2.45) is 0 Å². The molecule has 0 unspecified atom stereocenters. The SMILES string of the molecule is Cc1ccc2c(n1)C1(CCC(=O)CC1)C(=O)N2. The van der Waals surface area contributed by atoms with Crippen LogP contribution in [0.4, 0.5) is 5.69 Å². The van der Waals surface area contributed by atoms with Crippen molar-refractivity contribution in [1.82, 2.24) is 4.98 Å². The zero-order valence-corrected chi connectivity index (χ0v) is 9.75. The zero-order chi connectivity index (χ0) is 12.0. The molecule has 1 aromatic rings. The molecule has 1 saturated carbocycles. The zero-order valence-electron chi connectivity index (χ0n) is 9.75. The fourth-order valence-corrected chi connectivity index (χ4v) is 2.79. The van der Waals surface area contributed by atoms with Gasteiger partial charge in [-0.1, -0.05) is 0 Å². The average Bonchev–Trinajstić information content (AvgIpc) is 2.57. The van der Waals surface area contributed by atoms with Crippen LogP contribution in [0.5, 0.6) is 0 Å². The molecule has 3 rings (SSSR count). The van der Waals surface area contributed by atoms with Crippen LogP contribution in [0.25, 0.3) is 0 Å². The molecule has 4 heteroatoms. The van der Waals surface area contributed by atoms with E-state index in [1.807, 2.05) is 19.1 Å². The number of amides is 1. The number of ketones is 1. The van der Waals surface area contributed by atoms with Gasteiger partial charge < -0.3 is 5.32 Å². The molecule has 0 atom stereocenters. The standard InChI is InChI=1S/C13H14N2O2/c1-8-2-3-10-11(14-8)13(12(17)15-10)6-4-9(16)5-7-13/h2-3H,4-7H2,1H3,(H,15,17). The minimum absolute atomic E-state index is 0.0121. The number of aromatic nitrogens is 1. The normalized spacial score (nSPS) is 21.5. The third kappa shape index (κ3) is 1.40. The predicted molar refractivity (Wildman–Crippen MR) is 62.8 cm³/mol. The second-order valence-corrected chi connectivity index (χ2v) is 4.92. The van der Waals surface area contributed by atoms with Crippen molar-refractivity contribution in [3.05, 3.63) is 23.5 Å². The van der Waals surface area contributed by atoms with E-state index in [0.717, 1.165) is 17.1 Å². The van der Waals surface area contributed by atoms with Gasteiger partial charge in [0, 0.05) is 18.5 Å². The van der Waals surface area contributed by atoms with Gasteiger partial charge in [0.2, 0.25) is 5.91 Å². The number of pyridine rings is 1. The second kappa shape index (κ2) is 3.39. The Hall–Kier alpha value is -1.71. The Bertz CT molecular complexity index is 512. The molecule has 1 fully saturated rings. The van der Waals surface area contributed by atoms with Crippen molar-refractivity contribution < 1.29 is 9.59 Å². The number of nitrogens with one attached hydrogen (secondary N) is 1. The van der Waals surface area contributed by atoms with Crippen LogP contribution in [-0.4, -0.2) is 16.7 Å². The number of aryl methyl sites for hydroxylation is 1. The van der Waals surface area contributed by atoms with Crippen LogP contribution in [0.15, 0.2) is 12.1 Å². The topological polar surface area (TPSA) is 59.1 Å². The molecular weight excluding hydrogens is 216 g/mol. The highest BCUT2D eigenvalue weighted by atomic mass is 16.2. The van der Waals surface area contributed by atoms with E-state index < -0.39 is 5.41 Å². The summed E-state index contributed by atoms with van der Waals surface area (Å²) in [6.07, 6.45) is 2.17. The van der Waals surface area contributed by atoms with Gasteiger partial charge >= 0.3 is 0 Å². The van der Waals surface area contributed by atoms with Crippen LogP contribution in [-0.2, 0) is 15.0 Å². The minimum atomic E-state index is -0.546. The molecule has 0 bridgehead atoms. The second-order valence-electron chi connectivity index (χ2n) is 4.92. The average molecular weight is 230 g/mol. The molecule has 1 aliphatic carbocycles. The largest absolute Gasteiger partial charge is 0.324 e. The Kier molecular flexibility index (Phi) is 2.08. The molecule has 88 valence electrons. The molecular formula is C13H14N2O2. The molecule has 1 aliphatic heterocycles. The fraction of sp³-hybridized carbons (Fsp3) is 0.462. The highest BCUT2D eigenvalue weighted by Crippen LogP contribution is 2.45. The van der Waals surface area contributed by atoms with E-state index in [9.17, 15) is 9.59 Å². The Morgan fingerprint density at radius 1 is 1.24 bits per heavy atom. The van der Waals surface area contributed by atoms with Gasteiger partial charge in [-0.3, -0.25) is 14.6 Å². The first-order valence-corrected chi connectivity index (χ1v) is 5.93. The van der Waals surface area contributed by atoms with Crippen LogP contribution in [0.3, 0.4) is 0 Å². The molecule has 0 aromatic carbocycles. The number of hydrogen-bond acceptors (Lipinski definition) is 3. The van der Waals surface area contributed by atoms with Crippen molar-refractivity contribution in [3.63, 3.8) is 0 Å². The molecule has 4 nitrogen and oxygen atoms in total. The summed E-state index contributed by atoms with van der Waals surface area (Å²) in [5.74, 6) is 0.266. The molecule has 2 aliphatic rings. The van der Waals surface area contributed by atoms with Crippen molar-refractivity contribution in [1.29, 1.82) is 0 Å². The number of Topliss-reactive ketones (excluding diaryl/α,β-unsaturated/α-hetero) is 1. The van der Waals surface area contributed by atoms with E-state index in [1.54, 1.807) is 0 Å². The molecule has 0 saturated heterocycles. The molecule has 1 amide bonds. The first-order valence-electron chi connectivity index (χ1n) is 5.93. The quantitative estimate of drug-likeness (QED) is 0.738. The Labute approximate surface area is 99.4 Å². The summed E-state index contributed by atoms with van der Waals surface area (Å²) in [7, 11) is 0. The van der Waals surface area contributed by atoms with E-state index in [-0.39, 0.29) is 11.7 Å². The lowest BCUT2D eigenvalue weighted by atomic mass is 9.72. The maximum Gasteiger partial charge on any atom is 0.236 e. The Morgan fingerprint density at radius 2 is 1.94 bits per heavy atom. The van der Waals surface area contributed by atoms with Crippen molar-refractivity contribution in [2.45, 2.75) is 38.0 Å². The maximum atomic E-state index is 12.2. The lowest BCUT2D eigenvalue weighted by Gasteiger charge is -2.29. The number of fused-ring (bicyclic) bond motifs is 2. The summed E-state index contributed by atoms with van der Waals surface area (Å²) in [5, 5.41) is 2.89. The van der Waals surface area contributed by atoms with Gasteiger partial charge in [-0.15, -0.1) is 0 Å². The predicted octanol–water partition coefficient (Wildman–Crippen LogP) is 1.72. The van der Waals surface area contributed by atoms with Gasteiger partial charge in [0.15, 0.2) is 0 Å². The van der Waals surface area contributed by atoms with E-state index in [4.69, 9.17) is 0 Å². The van der Waals surface area contributed by atoms with Crippen LogP contribution < -0.4 is 5.32 Å². The lowest BCUT2D eigenvalue weighted by molar-refractivity contribution is -0.126. The maximum absolute atomic E-state index is 12.2. The van der Waals surface area contributed by atoms with Gasteiger partial charge in [-0.05, 0) is 31.9 Å². The molecule has 1 spiro atoms. The minimum Gasteiger partial charge on any atom is -0.324 e. The molecule has 2 heterocycles. The number of anilines is 1. The highest BCUT2D eigenvalue weighted by Gasteiger charge is 2.49. The number of carbonyl (C=O) groups is 2. The molecule has 0 radical (unpaired) electrons. The van der Waals surface area contributed by atoms with E-state index in [2.05, 4.69) is 10.3 Å². The molecule has 17 heavy (non-hydrogen) atoms. The van der Waals surface area contributed by atoms with Crippen LogP contribution in [0, 0.1) is 6.92 Å². The van der Waals surface area contributed by atoms with Crippen LogP contribution in [0.2, 0.25) is 0 Å². The van der Waals surface area contributed by atoms with Crippen LogP contribution in [0.1, 0.15) is 37.1 Å². The van der Waals surface area contributed by atoms with Gasteiger partial charge in [0.05, 0.1) is 16.8 Å². The Balaban J connectivity index is 2.09. The van der Waals surface area contributed by atoms with Crippen LogP contribution >= 0.6 is 0 Å². The number of carbonyl (C=O) groups excluding carboxylic acids is 2. The summed E-state index contributed by atoms with van der Waals surface area (Å²) in [6.45, 7) is 1.92. The monoisotopic (exact) mass is 230 g/mol. The summed E-state index contributed by atoms with van der Waals surface area (Å²) < 4.78 is 0. The van der Waals surface area contributed by atoms with Crippen molar-refractivity contribution in [2.75, 3.05) is 5.32 Å². The first kappa shape index (κ1) is 10.4. The summed E-state index contributed by atoms with van der Waals surface area (Å²) in [5.41, 5.74) is 2.02. The van der Waals surface area contributed by atoms with Crippen molar-refractivity contribution in [3.8, 4) is 0 Å².